The van der Waals surface area contributed by atoms with Crippen molar-refractivity contribution in [3.05, 3.63) is 40.4 Å². The van der Waals surface area contributed by atoms with E-state index in [9.17, 15) is 14.4 Å². The standard InChI is InChI=1S/C19H22N4O3S/c1-11-6-7-15(14(8-11)17(25)12-4-2-3-5-12)22-18(26)23-19-21-10-13(27-19)9-16(20)24/h6-8,10,12H,2-5,9H2,1H3,(H2,20,24)(H2,21,22,23,26). The van der Waals surface area contributed by atoms with E-state index in [1.54, 1.807) is 6.07 Å². The number of nitrogens with zero attached hydrogens (tertiary/aromatic N) is 1. The molecular weight excluding hydrogens is 364 g/mol. The Morgan fingerprint density at radius 3 is 2.67 bits per heavy atom. The van der Waals surface area contributed by atoms with Crippen LogP contribution in [-0.2, 0) is 11.2 Å². The molecule has 2 aromatic rings. The summed E-state index contributed by atoms with van der Waals surface area (Å²) >= 11 is 1.18. The number of hydrogen-bond donors (Lipinski definition) is 3. The first kappa shape index (κ1) is 19.0. The van der Waals surface area contributed by atoms with E-state index in [-0.39, 0.29) is 18.1 Å². The molecule has 1 aliphatic rings. The van der Waals surface area contributed by atoms with Crippen LogP contribution in [0.5, 0.6) is 0 Å². The molecule has 142 valence electrons. The van der Waals surface area contributed by atoms with Gasteiger partial charge in [0.05, 0.1) is 12.1 Å². The molecule has 1 saturated carbocycles. The zero-order valence-corrected chi connectivity index (χ0v) is 15.9. The van der Waals surface area contributed by atoms with Gasteiger partial charge in [0.2, 0.25) is 5.91 Å². The van der Waals surface area contributed by atoms with E-state index in [1.165, 1.54) is 17.5 Å². The first-order valence-electron chi connectivity index (χ1n) is 8.88. The predicted octanol–water partition coefficient (Wildman–Crippen LogP) is 3.50. The molecule has 1 fully saturated rings. The van der Waals surface area contributed by atoms with Crippen molar-refractivity contribution in [1.82, 2.24) is 4.98 Å². The second-order valence-corrected chi connectivity index (χ2v) is 7.86. The second-order valence-electron chi connectivity index (χ2n) is 6.75. The van der Waals surface area contributed by atoms with Crippen LogP contribution in [0.15, 0.2) is 24.4 Å². The number of amides is 3. The summed E-state index contributed by atoms with van der Waals surface area (Å²) < 4.78 is 0. The number of aromatic nitrogens is 1. The SMILES string of the molecule is Cc1ccc(NC(=O)Nc2ncc(CC(N)=O)s2)c(C(=O)C2CCCC2)c1. The molecule has 7 nitrogen and oxygen atoms in total. The molecule has 1 aromatic heterocycles. The Hall–Kier alpha value is -2.74. The van der Waals surface area contributed by atoms with Gasteiger partial charge in [0.1, 0.15) is 0 Å². The molecule has 0 radical (unpaired) electrons. The number of hydrogen-bond acceptors (Lipinski definition) is 5. The number of aryl methyl sites for hydroxylation is 1. The Morgan fingerprint density at radius 2 is 1.96 bits per heavy atom. The lowest BCUT2D eigenvalue weighted by molar-refractivity contribution is -0.117. The van der Waals surface area contributed by atoms with Crippen molar-refractivity contribution >= 4 is 39.9 Å². The molecule has 27 heavy (non-hydrogen) atoms. The maximum atomic E-state index is 12.8. The zero-order valence-electron chi connectivity index (χ0n) is 15.1. The van der Waals surface area contributed by atoms with Gasteiger partial charge in [-0.3, -0.25) is 14.9 Å². The van der Waals surface area contributed by atoms with E-state index in [2.05, 4.69) is 15.6 Å². The summed E-state index contributed by atoms with van der Waals surface area (Å²) in [5.74, 6) is -0.334. The number of rotatable bonds is 6. The summed E-state index contributed by atoms with van der Waals surface area (Å²) in [6.07, 6.45) is 5.54. The zero-order chi connectivity index (χ0) is 19.4. The molecule has 0 unspecified atom stereocenters. The third-order valence-electron chi connectivity index (χ3n) is 4.54. The number of nitrogens with one attached hydrogen (secondary N) is 2. The van der Waals surface area contributed by atoms with Gasteiger partial charge >= 0.3 is 6.03 Å². The van der Waals surface area contributed by atoms with Crippen molar-refractivity contribution in [3.63, 3.8) is 0 Å². The number of anilines is 2. The summed E-state index contributed by atoms with van der Waals surface area (Å²) in [4.78, 5) is 40.9. The Balaban J connectivity index is 1.71. The third kappa shape index (κ3) is 4.91. The van der Waals surface area contributed by atoms with Crippen LogP contribution in [0.3, 0.4) is 0 Å². The second kappa shape index (κ2) is 8.30. The van der Waals surface area contributed by atoms with Crippen LogP contribution in [-0.4, -0.2) is 22.7 Å². The third-order valence-corrected chi connectivity index (χ3v) is 5.45. The first-order valence-corrected chi connectivity index (χ1v) is 9.70. The fourth-order valence-corrected chi connectivity index (χ4v) is 4.07. The van der Waals surface area contributed by atoms with Crippen molar-refractivity contribution < 1.29 is 14.4 Å². The number of Topliss-reactive ketones (excluding diaryl/α,β-unsaturated/α-hetero) is 1. The summed E-state index contributed by atoms with van der Waals surface area (Å²) in [5, 5.41) is 5.73. The van der Waals surface area contributed by atoms with E-state index in [0.29, 0.717) is 21.3 Å². The largest absolute Gasteiger partial charge is 0.369 e. The highest BCUT2D eigenvalue weighted by molar-refractivity contribution is 7.15. The normalized spacial score (nSPS) is 14.1. The lowest BCUT2D eigenvalue weighted by Crippen LogP contribution is -2.22. The minimum atomic E-state index is -0.487. The van der Waals surface area contributed by atoms with Gasteiger partial charge in [-0.05, 0) is 31.9 Å². The fraction of sp³-hybridized carbons (Fsp3) is 0.368. The van der Waals surface area contributed by atoms with Crippen LogP contribution in [0.1, 0.15) is 46.5 Å². The van der Waals surface area contributed by atoms with E-state index < -0.39 is 11.9 Å². The van der Waals surface area contributed by atoms with Crippen molar-refractivity contribution in [1.29, 1.82) is 0 Å². The highest BCUT2D eigenvalue weighted by Crippen LogP contribution is 2.31. The number of primary amides is 1. The van der Waals surface area contributed by atoms with Gasteiger partial charge in [-0.15, -0.1) is 11.3 Å². The highest BCUT2D eigenvalue weighted by Gasteiger charge is 2.26. The van der Waals surface area contributed by atoms with E-state index in [0.717, 1.165) is 31.2 Å². The number of carbonyl (C=O) groups is 3. The average molecular weight is 386 g/mol. The average Bonchev–Trinajstić information content (AvgIpc) is 3.27. The summed E-state index contributed by atoms with van der Waals surface area (Å²) in [6, 6.07) is 4.94. The molecular formula is C19H22N4O3S. The van der Waals surface area contributed by atoms with Crippen LogP contribution in [0, 0.1) is 12.8 Å². The van der Waals surface area contributed by atoms with E-state index >= 15 is 0 Å². The molecule has 4 N–H and O–H groups in total. The maximum absolute atomic E-state index is 12.8. The monoisotopic (exact) mass is 386 g/mol. The Labute approximate surface area is 161 Å². The molecule has 1 heterocycles. The molecule has 0 saturated heterocycles. The first-order chi connectivity index (χ1) is 12.9. The van der Waals surface area contributed by atoms with Gasteiger partial charge in [0.15, 0.2) is 10.9 Å². The highest BCUT2D eigenvalue weighted by atomic mass is 32.1. The van der Waals surface area contributed by atoms with Gasteiger partial charge in [-0.2, -0.15) is 0 Å². The van der Waals surface area contributed by atoms with Crippen LogP contribution < -0.4 is 16.4 Å². The van der Waals surface area contributed by atoms with Crippen molar-refractivity contribution in [2.45, 2.75) is 39.0 Å². The van der Waals surface area contributed by atoms with Crippen molar-refractivity contribution in [3.8, 4) is 0 Å². The van der Waals surface area contributed by atoms with Gasteiger partial charge in [-0.1, -0.05) is 24.5 Å². The topological polar surface area (TPSA) is 114 Å². The van der Waals surface area contributed by atoms with Gasteiger partial charge in [0.25, 0.3) is 0 Å². The molecule has 1 aliphatic carbocycles. The molecule has 3 rings (SSSR count). The number of ketones is 1. The quantitative estimate of drug-likeness (QED) is 0.659. The smallest absolute Gasteiger partial charge is 0.325 e. The number of nitrogens with two attached hydrogens (primary N) is 1. The van der Waals surface area contributed by atoms with Crippen LogP contribution in [0.2, 0.25) is 0 Å². The van der Waals surface area contributed by atoms with Crippen molar-refractivity contribution in [2.75, 3.05) is 10.6 Å². The molecule has 0 bridgehead atoms. The molecule has 3 amide bonds. The van der Waals surface area contributed by atoms with E-state index in [1.807, 2.05) is 19.1 Å². The summed E-state index contributed by atoms with van der Waals surface area (Å²) in [5.41, 5.74) is 7.16. The maximum Gasteiger partial charge on any atom is 0.325 e. The fourth-order valence-electron chi connectivity index (χ4n) is 3.25. The Bertz CT molecular complexity index is 872. The van der Waals surface area contributed by atoms with Crippen LogP contribution >= 0.6 is 11.3 Å². The number of urea groups is 1. The van der Waals surface area contributed by atoms with Crippen LogP contribution in [0.4, 0.5) is 15.6 Å². The lowest BCUT2D eigenvalue weighted by atomic mass is 9.94. The lowest BCUT2D eigenvalue weighted by Gasteiger charge is -2.14. The number of benzene rings is 1. The number of thiazole rings is 1. The summed E-state index contributed by atoms with van der Waals surface area (Å²) in [7, 11) is 0. The van der Waals surface area contributed by atoms with Crippen LogP contribution in [0.25, 0.3) is 0 Å². The molecule has 1 aromatic carbocycles. The Kier molecular flexibility index (Phi) is 5.85. The molecule has 0 aliphatic heterocycles. The number of carbonyl (C=O) groups excluding carboxylic acids is 3. The van der Waals surface area contributed by atoms with Gasteiger partial charge in [-0.25, -0.2) is 9.78 Å². The van der Waals surface area contributed by atoms with E-state index in [4.69, 9.17) is 5.73 Å². The van der Waals surface area contributed by atoms with Gasteiger partial charge in [0, 0.05) is 22.6 Å². The molecule has 8 heteroatoms. The minimum absolute atomic E-state index is 0.0331. The van der Waals surface area contributed by atoms with Crippen molar-refractivity contribution in [2.24, 2.45) is 11.7 Å². The minimum Gasteiger partial charge on any atom is -0.369 e. The summed E-state index contributed by atoms with van der Waals surface area (Å²) in [6.45, 7) is 1.92. The Morgan fingerprint density at radius 1 is 1.22 bits per heavy atom. The molecule has 0 spiro atoms. The van der Waals surface area contributed by atoms with Gasteiger partial charge < -0.3 is 11.1 Å². The molecule has 0 atom stereocenters. The predicted molar refractivity (Wildman–Crippen MR) is 105 cm³/mol.